The molecule has 6 heteroatoms. The third-order valence-corrected chi connectivity index (χ3v) is 4.36. The highest BCUT2D eigenvalue weighted by molar-refractivity contribution is 6.02. The Balaban J connectivity index is 1.97. The predicted molar refractivity (Wildman–Crippen MR) is 91.9 cm³/mol. The maximum absolute atomic E-state index is 14.3. The molecule has 0 spiro atoms. The van der Waals surface area contributed by atoms with Gasteiger partial charge in [0.15, 0.2) is 0 Å². The van der Waals surface area contributed by atoms with Gasteiger partial charge in [-0.1, -0.05) is 12.1 Å². The molecule has 0 bridgehead atoms. The van der Waals surface area contributed by atoms with Gasteiger partial charge >= 0.3 is 0 Å². The molecule has 5 nitrogen and oxygen atoms in total. The molecule has 0 fully saturated rings. The second-order valence-corrected chi connectivity index (χ2v) is 6.06. The first-order chi connectivity index (χ1) is 12.0. The molecular weight excluding hydrogens is 321 g/mol. The number of fused-ring (bicyclic) bond motifs is 1. The van der Waals surface area contributed by atoms with Crippen molar-refractivity contribution in [3.8, 4) is 11.8 Å². The summed E-state index contributed by atoms with van der Waals surface area (Å²) in [5.74, 6) is -0.678. The van der Waals surface area contributed by atoms with E-state index in [0.717, 1.165) is 11.3 Å². The first-order valence-corrected chi connectivity index (χ1v) is 7.81. The molecule has 0 radical (unpaired) electrons. The van der Waals surface area contributed by atoms with Crippen LogP contribution >= 0.6 is 0 Å². The Morgan fingerprint density at radius 1 is 1.24 bits per heavy atom. The van der Waals surface area contributed by atoms with Crippen LogP contribution in [0.2, 0.25) is 0 Å². The number of rotatable bonds is 4. The molecule has 2 aromatic carbocycles. The number of nitriles is 1. The van der Waals surface area contributed by atoms with Gasteiger partial charge in [0.05, 0.1) is 18.7 Å². The molecule has 0 saturated heterocycles. The van der Waals surface area contributed by atoms with Crippen LogP contribution in [0.15, 0.2) is 36.4 Å². The van der Waals surface area contributed by atoms with Crippen molar-refractivity contribution in [1.29, 1.82) is 5.26 Å². The highest BCUT2D eigenvalue weighted by Gasteiger charge is 2.41. The molecule has 1 aliphatic rings. The van der Waals surface area contributed by atoms with Gasteiger partial charge in [-0.3, -0.25) is 4.79 Å². The number of halogens is 1. The normalized spacial score (nSPS) is 15.7. The summed E-state index contributed by atoms with van der Waals surface area (Å²) in [4.78, 5) is 16.1. The van der Waals surface area contributed by atoms with Crippen LogP contribution in [0.3, 0.4) is 0 Å². The molecule has 3 rings (SSSR count). The minimum atomic E-state index is -0.967. The third-order valence-electron chi connectivity index (χ3n) is 4.36. The number of methoxy groups -OCH3 is 1. The molecule has 1 amide bonds. The molecule has 1 atom stereocenters. The van der Waals surface area contributed by atoms with Crippen molar-refractivity contribution >= 4 is 11.6 Å². The zero-order chi connectivity index (χ0) is 18.1. The number of hydrogen-bond acceptors (Lipinski definition) is 4. The van der Waals surface area contributed by atoms with Crippen LogP contribution in [-0.2, 0) is 6.54 Å². The van der Waals surface area contributed by atoms with E-state index in [0.29, 0.717) is 0 Å². The van der Waals surface area contributed by atoms with Crippen molar-refractivity contribution in [3.63, 3.8) is 0 Å². The summed E-state index contributed by atoms with van der Waals surface area (Å²) in [6.07, 6.45) is 0. The molecular formula is C19H18FN3O2. The largest absolute Gasteiger partial charge is 0.496 e. The molecule has 1 aliphatic heterocycles. The van der Waals surface area contributed by atoms with Gasteiger partial charge in [-0.05, 0) is 29.8 Å². The Bertz CT molecular complexity index is 856. The number of ether oxygens (including phenoxy) is 1. The van der Waals surface area contributed by atoms with E-state index in [1.54, 1.807) is 0 Å². The Morgan fingerprint density at radius 2 is 1.92 bits per heavy atom. The van der Waals surface area contributed by atoms with Gasteiger partial charge in [0.1, 0.15) is 17.6 Å². The van der Waals surface area contributed by atoms with Crippen molar-refractivity contribution in [2.75, 3.05) is 26.1 Å². The van der Waals surface area contributed by atoms with Crippen molar-refractivity contribution in [3.05, 3.63) is 58.9 Å². The molecule has 128 valence electrons. The fourth-order valence-electron chi connectivity index (χ4n) is 3.04. The number of amides is 1. The maximum Gasteiger partial charge on any atom is 0.259 e. The molecule has 0 aromatic heterocycles. The summed E-state index contributed by atoms with van der Waals surface area (Å²) < 4.78 is 19.5. The Kier molecular flexibility index (Phi) is 4.32. The lowest BCUT2D eigenvalue weighted by atomic mass is 10.0. The number of hydrogen-bond donors (Lipinski definition) is 0. The van der Waals surface area contributed by atoms with E-state index in [1.807, 2.05) is 49.3 Å². The summed E-state index contributed by atoms with van der Waals surface area (Å²) in [6.45, 7) is 0.224. The van der Waals surface area contributed by atoms with Gasteiger partial charge < -0.3 is 14.5 Å². The van der Waals surface area contributed by atoms with E-state index in [9.17, 15) is 14.4 Å². The quantitative estimate of drug-likeness (QED) is 0.859. The standard InChI is InChI=1S/C19H18FN3O2/c1-22(2)13-6-4-12(5-7-13)11-23-15(10-21)17-14(20)8-9-16(25-3)18(17)19(23)24/h4-9,15H,11H2,1-3H3. The summed E-state index contributed by atoms with van der Waals surface area (Å²) in [5.41, 5.74) is 2.13. The monoisotopic (exact) mass is 339 g/mol. The lowest BCUT2D eigenvalue weighted by Gasteiger charge is -2.21. The average Bonchev–Trinajstić information content (AvgIpc) is 2.89. The van der Waals surface area contributed by atoms with E-state index >= 15 is 0 Å². The van der Waals surface area contributed by atoms with E-state index in [2.05, 4.69) is 0 Å². The second-order valence-electron chi connectivity index (χ2n) is 6.06. The second kappa shape index (κ2) is 6.44. The zero-order valence-electron chi connectivity index (χ0n) is 14.3. The summed E-state index contributed by atoms with van der Waals surface area (Å²) >= 11 is 0. The summed E-state index contributed by atoms with van der Waals surface area (Å²) in [7, 11) is 5.30. The molecule has 1 unspecified atom stereocenters. The minimum absolute atomic E-state index is 0.0942. The molecule has 1 heterocycles. The van der Waals surface area contributed by atoms with Gasteiger partial charge in [-0.25, -0.2) is 4.39 Å². The molecule has 0 saturated carbocycles. The van der Waals surface area contributed by atoms with E-state index in [1.165, 1.54) is 24.1 Å². The fourth-order valence-corrected chi connectivity index (χ4v) is 3.04. The van der Waals surface area contributed by atoms with Gasteiger partial charge in [0.25, 0.3) is 5.91 Å². The number of carbonyl (C=O) groups excluding carboxylic acids is 1. The molecule has 0 aliphatic carbocycles. The van der Waals surface area contributed by atoms with E-state index < -0.39 is 17.8 Å². The maximum atomic E-state index is 14.3. The van der Waals surface area contributed by atoms with Crippen LogP contribution in [0, 0.1) is 17.1 Å². The third kappa shape index (κ3) is 2.78. The van der Waals surface area contributed by atoms with Crippen molar-refractivity contribution < 1.29 is 13.9 Å². The fraction of sp³-hybridized carbons (Fsp3) is 0.263. The van der Waals surface area contributed by atoms with Crippen LogP contribution in [0.5, 0.6) is 5.75 Å². The summed E-state index contributed by atoms with van der Waals surface area (Å²) in [6, 6.07) is 11.4. The van der Waals surface area contributed by atoms with E-state index in [-0.39, 0.29) is 23.4 Å². The van der Waals surface area contributed by atoms with Crippen LogP contribution in [-0.4, -0.2) is 32.0 Å². The zero-order valence-corrected chi connectivity index (χ0v) is 14.3. The van der Waals surface area contributed by atoms with Crippen molar-refractivity contribution in [1.82, 2.24) is 4.90 Å². The van der Waals surface area contributed by atoms with Crippen LogP contribution < -0.4 is 9.64 Å². The Morgan fingerprint density at radius 3 is 2.48 bits per heavy atom. The first-order valence-electron chi connectivity index (χ1n) is 7.81. The van der Waals surface area contributed by atoms with Gasteiger partial charge in [0, 0.05) is 31.9 Å². The number of anilines is 1. The number of carbonyl (C=O) groups is 1. The lowest BCUT2D eigenvalue weighted by Crippen LogP contribution is -2.27. The molecule has 25 heavy (non-hydrogen) atoms. The van der Waals surface area contributed by atoms with Crippen LogP contribution in [0.4, 0.5) is 10.1 Å². The molecule has 0 N–H and O–H groups in total. The SMILES string of the molecule is COc1ccc(F)c2c1C(=O)N(Cc1ccc(N(C)C)cc1)C2C#N. The number of benzene rings is 2. The summed E-state index contributed by atoms with van der Waals surface area (Å²) in [5, 5.41) is 9.53. The van der Waals surface area contributed by atoms with Crippen molar-refractivity contribution in [2.24, 2.45) is 0 Å². The topological polar surface area (TPSA) is 56.6 Å². The Labute approximate surface area is 145 Å². The smallest absolute Gasteiger partial charge is 0.259 e. The number of nitrogens with zero attached hydrogens (tertiary/aromatic N) is 3. The van der Waals surface area contributed by atoms with Gasteiger partial charge in [0.2, 0.25) is 0 Å². The van der Waals surface area contributed by atoms with Crippen molar-refractivity contribution in [2.45, 2.75) is 12.6 Å². The van der Waals surface area contributed by atoms with Crippen LogP contribution in [0.25, 0.3) is 0 Å². The minimum Gasteiger partial charge on any atom is -0.496 e. The predicted octanol–water partition coefficient (Wildman–Crippen LogP) is 3.12. The average molecular weight is 339 g/mol. The molecule has 2 aromatic rings. The highest BCUT2D eigenvalue weighted by atomic mass is 19.1. The highest BCUT2D eigenvalue weighted by Crippen LogP contribution is 2.40. The first kappa shape index (κ1) is 16.8. The lowest BCUT2D eigenvalue weighted by molar-refractivity contribution is 0.0741. The van der Waals surface area contributed by atoms with Crippen LogP contribution in [0.1, 0.15) is 27.5 Å². The van der Waals surface area contributed by atoms with E-state index in [4.69, 9.17) is 4.74 Å². The van der Waals surface area contributed by atoms with Gasteiger partial charge in [-0.15, -0.1) is 0 Å². The Hall–Kier alpha value is -3.07. The van der Waals surface area contributed by atoms with Gasteiger partial charge in [-0.2, -0.15) is 5.26 Å².